The third kappa shape index (κ3) is 4.37. The van der Waals surface area contributed by atoms with Gasteiger partial charge in [0, 0.05) is 45.4 Å². The molecule has 0 spiro atoms. The van der Waals surface area contributed by atoms with Gasteiger partial charge in [-0.15, -0.1) is 0 Å². The van der Waals surface area contributed by atoms with Crippen molar-refractivity contribution in [1.82, 2.24) is 10.1 Å². The normalized spacial score (nSPS) is 25.6. The minimum Gasteiger partial charge on any atom is -0.310 e. The molecule has 0 saturated heterocycles. The number of carbonyl (C=O) groups is 1. The quantitative estimate of drug-likeness (QED) is 0.428. The molecule has 1 aliphatic heterocycles. The lowest BCUT2D eigenvalue weighted by atomic mass is 9.70. The largest absolute Gasteiger partial charge is 0.310 e. The topological polar surface area (TPSA) is 87.6 Å². The molecular weight excluding hydrogens is 541 g/mol. The Labute approximate surface area is 226 Å². The fraction of sp³-hybridized carbons (Fsp3) is 0.462. The molecule has 1 heterocycles. The van der Waals surface area contributed by atoms with Crippen molar-refractivity contribution in [2.24, 2.45) is 21.8 Å². The summed E-state index contributed by atoms with van der Waals surface area (Å²) >= 11 is 19.2. The van der Waals surface area contributed by atoms with E-state index in [0.717, 1.165) is 12.0 Å². The Morgan fingerprint density at radius 2 is 1.86 bits per heavy atom. The van der Waals surface area contributed by atoms with Crippen LogP contribution in [0.15, 0.2) is 41.5 Å². The molecule has 6 nitrogen and oxygen atoms in total. The Hall–Kier alpha value is -1.64. The van der Waals surface area contributed by atoms with Crippen molar-refractivity contribution in [3.05, 3.63) is 57.0 Å². The Balaban J connectivity index is 1.53. The lowest BCUT2D eigenvalue weighted by Crippen LogP contribution is -2.46. The Bertz CT molecular complexity index is 1360. The van der Waals surface area contributed by atoms with Crippen molar-refractivity contribution >= 4 is 56.3 Å². The first kappa shape index (κ1) is 26.0. The van der Waals surface area contributed by atoms with Crippen LogP contribution < -0.4 is 10.1 Å². The zero-order valence-electron chi connectivity index (χ0n) is 20.1. The van der Waals surface area contributed by atoms with Gasteiger partial charge in [0.1, 0.15) is 5.78 Å². The molecule has 3 atom stereocenters. The molecule has 2 aromatic rings. The molecule has 36 heavy (non-hydrogen) atoms. The summed E-state index contributed by atoms with van der Waals surface area (Å²) in [7, 11) is -3.90. The van der Waals surface area contributed by atoms with Crippen molar-refractivity contribution in [3.8, 4) is 11.1 Å². The summed E-state index contributed by atoms with van der Waals surface area (Å²) in [6, 6.07) is 9.85. The maximum Gasteiger partial charge on any atom is 0.213 e. The van der Waals surface area contributed by atoms with Gasteiger partial charge >= 0.3 is 0 Å². The van der Waals surface area contributed by atoms with E-state index in [1.165, 1.54) is 0 Å². The Kier molecular flexibility index (Phi) is 6.70. The number of rotatable bonds is 7. The number of Topliss-reactive ketones (excluding diaryl/α,β-unsaturated/α-hetero) is 1. The summed E-state index contributed by atoms with van der Waals surface area (Å²) in [5, 5.41) is 5.72. The minimum absolute atomic E-state index is 0.0556. The second kappa shape index (κ2) is 9.28. The van der Waals surface area contributed by atoms with Crippen molar-refractivity contribution in [1.29, 1.82) is 0 Å². The van der Waals surface area contributed by atoms with Crippen LogP contribution in [0, 0.1) is 16.7 Å². The lowest BCUT2D eigenvalue weighted by molar-refractivity contribution is -0.128. The first-order valence-electron chi connectivity index (χ1n) is 12.0. The number of benzene rings is 2. The molecule has 3 aliphatic rings. The molecule has 2 fully saturated rings. The van der Waals surface area contributed by atoms with E-state index >= 15 is 0 Å². The molecule has 0 radical (unpaired) electrons. The standard InChI is InChI=1S/C26H28Cl3N3O3S/c1-25(2)16-7-9-26(25,23(33)11-16)14-36(34,35)32-24(22-8-10-30-31-22)19-12-18(20(28)13-21(19)29)15-3-5-17(27)6-4-15/h3-6,12-13,16,24,30,32H,7-11,14H2,1-2H3. The van der Waals surface area contributed by atoms with Crippen molar-refractivity contribution in [3.63, 3.8) is 0 Å². The third-order valence-electron chi connectivity index (χ3n) is 8.47. The van der Waals surface area contributed by atoms with Gasteiger partial charge in [-0.2, -0.15) is 5.10 Å². The SMILES string of the molecule is CC1(C)C2CCC1(CS(=O)(=O)NC(C1=NNCC1)c1cc(-c3ccc(Cl)cc3)c(Cl)cc1Cl)C(=O)C2. The summed E-state index contributed by atoms with van der Waals surface area (Å²) in [5.74, 6) is 0.0431. The van der Waals surface area contributed by atoms with E-state index < -0.39 is 21.5 Å². The molecule has 10 heteroatoms. The van der Waals surface area contributed by atoms with Gasteiger partial charge in [0.05, 0.1) is 17.5 Å². The van der Waals surface area contributed by atoms with Gasteiger partial charge in [0.15, 0.2) is 0 Å². The average molecular weight is 569 g/mol. The summed E-state index contributed by atoms with van der Waals surface area (Å²) in [6.45, 7) is 4.66. The Morgan fingerprint density at radius 3 is 2.44 bits per heavy atom. The van der Waals surface area contributed by atoms with Crippen LogP contribution in [0.5, 0.6) is 0 Å². The molecule has 2 aliphatic carbocycles. The predicted molar refractivity (Wildman–Crippen MR) is 145 cm³/mol. The zero-order chi connectivity index (χ0) is 25.9. The maximum absolute atomic E-state index is 13.7. The molecule has 0 aromatic heterocycles. The zero-order valence-corrected chi connectivity index (χ0v) is 23.2. The van der Waals surface area contributed by atoms with E-state index in [0.29, 0.717) is 57.7 Å². The average Bonchev–Trinajstić information content (AvgIpc) is 3.46. The van der Waals surface area contributed by atoms with Crippen LogP contribution in [0.4, 0.5) is 0 Å². The Morgan fingerprint density at radius 1 is 1.14 bits per heavy atom. The van der Waals surface area contributed by atoms with Crippen LogP contribution in [-0.2, 0) is 14.8 Å². The first-order chi connectivity index (χ1) is 16.9. The molecule has 2 saturated carbocycles. The smallest absolute Gasteiger partial charge is 0.213 e. The molecular formula is C26H28Cl3N3O3S. The van der Waals surface area contributed by atoms with Crippen LogP contribution in [0.25, 0.3) is 11.1 Å². The molecule has 2 aromatic carbocycles. The van der Waals surface area contributed by atoms with Gasteiger partial charge in [0.2, 0.25) is 10.0 Å². The van der Waals surface area contributed by atoms with Crippen LogP contribution in [0.2, 0.25) is 15.1 Å². The summed E-state index contributed by atoms with van der Waals surface area (Å²) < 4.78 is 30.2. The van der Waals surface area contributed by atoms with E-state index in [2.05, 4.69) is 15.2 Å². The molecule has 5 rings (SSSR count). The van der Waals surface area contributed by atoms with Gasteiger partial charge in [-0.25, -0.2) is 13.1 Å². The molecule has 0 amide bonds. The van der Waals surface area contributed by atoms with Gasteiger partial charge in [-0.1, -0.05) is 60.8 Å². The monoisotopic (exact) mass is 567 g/mol. The van der Waals surface area contributed by atoms with Crippen molar-refractivity contribution in [2.45, 2.75) is 45.6 Å². The van der Waals surface area contributed by atoms with Gasteiger partial charge in [-0.3, -0.25) is 4.79 Å². The highest BCUT2D eigenvalue weighted by molar-refractivity contribution is 7.89. The van der Waals surface area contributed by atoms with E-state index in [-0.39, 0.29) is 22.9 Å². The van der Waals surface area contributed by atoms with Crippen LogP contribution in [0.1, 0.15) is 51.1 Å². The molecule has 192 valence electrons. The number of sulfonamides is 1. The number of hydrazone groups is 1. The maximum atomic E-state index is 13.7. The van der Waals surface area contributed by atoms with E-state index in [9.17, 15) is 13.2 Å². The number of hydrogen-bond acceptors (Lipinski definition) is 5. The predicted octanol–water partition coefficient (Wildman–Crippen LogP) is 6.02. The number of halogens is 3. The first-order valence-corrected chi connectivity index (χ1v) is 14.8. The number of hydrogen-bond donors (Lipinski definition) is 2. The lowest BCUT2D eigenvalue weighted by Gasteiger charge is -2.36. The number of nitrogens with zero attached hydrogens (tertiary/aromatic N) is 1. The second-order valence-corrected chi connectivity index (χ2v) is 13.6. The van der Waals surface area contributed by atoms with E-state index in [1.54, 1.807) is 24.3 Å². The fourth-order valence-corrected chi connectivity index (χ4v) is 8.97. The minimum atomic E-state index is -3.90. The number of ketones is 1. The van der Waals surface area contributed by atoms with E-state index in [1.807, 2.05) is 26.0 Å². The van der Waals surface area contributed by atoms with Crippen LogP contribution in [-0.4, -0.2) is 32.2 Å². The molecule has 2 bridgehead atoms. The number of carbonyl (C=O) groups excluding carboxylic acids is 1. The molecule has 3 unspecified atom stereocenters. The van der Waals surface area contributed by atoms with Crippen LogP contribution >= 0.6 is 34.8 Å². The third-order valence-corrected chi connectivity index (χ3v) is 10.8. The highest BCUT2D eigenvalue weighted by atomic mass is 35.5. The highest BCUT2D eigenvalue weighted by Gasteiger charge is 2.65. The summed E-state index contributed by atoms with van der Waals surface area (Å²) in [4.78, 5) is 13.0. The molecule has 2 N–H and O–H groups in total. The summed E-state index contributed by atoms with van der Waals surface area (Å²) in [5.41, 5.74) is 4.40. The number of nitrogens with one attached hydrogen (secondary N) is 2. The highest BCUT2D eigenvalue weighted by Crippen LogP contribution is 2.64. The van der Waals surface area contributed by atoms with Gasteiger partial charge in [0.25, 0.3) is 0 Å². The summed E-state index contributed by atoms with van der Waals surface area (Å²) in [6.07, 6.45) is 2.48. The fourth-order valence-electron chi connectivity index (χ4n) is 6.21. The van der Waals surface area contributed by atoms with Crippen molar-refractivity contribution < 1.29 is 13.2 Å². The van der Waals surface area contributed by atoms with Crippen molar-refractivity contribution in [2.75, 3.05) is 12.3 Å². The van der Waals surface area contributed by atoms with Crippen LogP contribution in [0.3, 0.4) is 0 Å². The second-order valence-electron chi connectivity index (χ2n) is 10.6. The van der Waals surface area contributed by atoms with E-state index in [4.69, 9.17) is 34.8 Å². The van der Waals surface area contributed by atoms with Gasteiger partial charge in [-0.05, 0) is 59.6 Å². The number of fused-ring (bicyclic) bond motifs is 2. The van der Waals surface area contributed by atoms with Gasteiger partial charge < -0.3 is 5.43 Å².